The molecule has 0 aliphatic rings. The van der Waals surface area contributed by atoms with Gasteiger partial charge in [-0.2, -0.15) is 0 Å². The van der Waals surface area contributed by atoms with Gasteiger partial charge < -0.3 is 16.0 Å². The van der Waals surface area contributed by atoms with Gasteiger partial charge in [0.25, 0.3) is 11.8 Å². The Morgan fingerprint density at radius 3 is 2.24 bits per heavy atom. The first-order valence-corrected chi connectivity index (χ1v) is 7.23. The molecule has 0 unspecified atom stereocenters. The Labute approximate surface area is 126 Å². The Bertz CT molecular complexity index is 500. The molecule has 0 bridgehead atoms. The number of nitrogens with zero attached hydrogens (tertiary/aromatic N) is 1. The van der Waals surface area contributed by atoms with Crippen molar-refractivity contribution in [3.05, 3.63) is 35.4 Å². The van der Waals surface area contributed by atoms with Crippen molar-refractivity contribution >= 4 is 11.8 Å². The van der Waals surface area contributed by atoms with Gasteiger partial charge in [-0.1, -0.05) is 19.9 Å². The average Bonchev–Trinajstić information content (AvgIpc) is 2.51. The van der Waals surface area contributed by atoms with Crippen LogP contribution >= 0.6 is 0 Å². The number of hydrogen-bond donors (Lipinski definition) is 2. The van der Waals surface area contributed by atoms with Crippen LogP contribution in [0.1, 0.15) is 47.4 Å². The Kier molecular flexibility index (Phi) is 5.90. The molecular formula is C16H25N3O2. The average molecular weight is 291 g/mol. The third-order valence-corrected chi connectivity index (χ3v) is 3.90. The number of amides is 2. The molecule has 0 aromatic heterocycles. The molecule has 3 N–H and O–H groups in total. The molecule has 1 aromatic rings. The van der Waals surface area contributed by atoms with Crippen molar-refractivity contribution in [3.8, 4) is 0 Å². The fourth-order valence-corrected chi connectivity index (χ4v) is 2.13. The fourth-order valence-electron chi connectivity index (χ4n) is 2.13. The summed E-state index contributed by atoms with van der Waals surface area (Å²) in [6.07, 6.45) is 1.53. The van der Waals surface area contributed by atoms with Crippen molar-refractivity contribution < 1.29 is 9.59 Å². The van der Waals surface area contributed by atoms with Gasteiger partial charge in [-0.3, -0.25) is 9.59 Å². The van der Waals surface area contributed by atoms with E-state index in [1.54, 1.807) is 38.4 Å². The predicted molar refractivity (Wildman–Crippen MR) is 84.3 cm³/mol. The second-order valence-electron chi connectivity index (χ2n) is 5.43. The van der Waals surface area contributed by atoms with Gasteiger partial charge in [0.15, 0.2) is 0 Å². The van der Waals surface area contributed by atoms with Crippen molar-refractivity contribution in [2.24, 2.45) is 5.73 Å². The molecule has 0 fully saturated rings. The monoisotopic (exact) mass is 291 g/mol. The van der Waals surface area contributed by atoms with Gasteiger partial charge in [-0.25, -0.2) is 0 Å². The molecule has 0 saturated heterocycles. The number of rotatable bonds is 6. The van der Waals surface area contributed by atoms with Crippen LogP contribution in [0.25, 0.3) is 0 Å². The summed E-state index contributed by atoms with van der Waals surface area (Å²) >= 11 is 0. The van der Waals surface area contributed by atoms with Crippen LogP contribution < -0.4 is 11.1 Å². The van der Waals surface area contributed by atoms with Crippen LogP contribution in [0.4, 0.5) is 0 Å². The summed E-state index contributed by atoms with van der Waals surface area (Å²) in [6.45, 7) is 4.40. The highest BCUT2D eigenvalue weighted by Gasteiger charge is 2.27. The van der Waals surface area contributed by atoms with Crippen LogP contribution in [-0.4, -0.2) is 42.9 Å². The number of nitrogens with one attached hydrogen (secondary N) is 1. The molecule has 5 nitrogen and oxygen atoms in total. The van der Waals surface area contributed by atoms with Gasteiger partial charge in [-0.15, -0.1) is 0 Å². The fraction of sp³-hybridized carbons (Fsp3) is 0.500. The van der Waals surface area contributed by atoms with E-state index in [1.165, 1.54) is 4.90 Å². The predicted octanol–water partition coefficient (Wildman–Crippen LogP) is 1.64. The molecule has 0 aliphatic heterocycles. The third kappa shape index (κ3) is 4.04. The van der Waals surface area contributed by atoms with Gasteiger partial charge in [0.05, 0.1) is 5.54 Å². The minimum Gasteiger partial charge on any atom is -0.345 e. The van der Waals surface area contributed by atoms with E-state index in [-0.39, 0.29) is 11.8 Å². The lowest BCUT2D eigenvalue weighted by molar-refractivity contribution is 0.0827. The van der Waals surface area contributed by atoms with Crippen LogP contribution in [0.3, 0.4) is 0 Å². The van der Waals surface area contributed by atoms with Gasteiger partial charge >= 0.3 is 0 Å². The van der Waals surface area contributed by atoms with Crippen LogP contribution in [0.2, 0.25) is 0 Å². The zero-order valence-corrected chi connectivity index (χ0v) is 13.3. The van der Waals surface area contributed by atoms with E-state index in [9.17, 15) is 9.59 Å². The van der Waals surface area contributed by atoms with Crippen molar-refractivity contribution in [1.82, 2.24) is 10.2 Å². The molecular weight excluding hydrogens is 266 g/mol. The van der Waals surface area contributed by atoms with Crippen LogP contribution in [0.5, 0.6) is 0 Å². The van der Waals surface area contributed by atoms with E-state index in [0.717, 1.165) is 12.8 Å². The number of benzene rings is 1. The Morgan fingerprint density at radius 2 is 1.76 bits per heavy atom. The molecule has 0 saturated carbocycles. The molecule has 2 amide bonds. The van der Waals surface area contributed by atoms with Crippen LogP contribution in [0.15, 0.2) is 24.3 Å². The van der Waals surface area contributed by atoms with E-state index in [2.05, 4.69) is 5.32 Å². The number of carbonyl (C=O) groups is 2. The summed E-state index contributed by atoms with van der Waals surface area (Å²) in [6, 6.07) is 6.74. The second-order valence-corrected chi connectivity index (χ2v) is 5.43. The normalized spacial score (nSPS) is 11.1. The number of nitrogens with two attached hydrogens (primary N) is 1. The lowest BCUT2D eigenvalue weighted by atomic mass is 9.92. The van der Waals surface area contributed by atoms with Crippen LogP contribution in [-0.2, 0) is 0 Å². The maximum absolute atomic E-state index is 12.4. The Hall–Kier alpha value is -1.88. The summed E-state index contributed by atoms with van der Waals surface area (Å²) in [7, 11) is 3.37. The SMILES string of the molecule is CCC(CC)(CN)NC(=O)c1cccc(C(=O)N(C)C)c1. The van der Waals surface area contributed by atoms with Crippen molar-refractivity contribution in [1.29, 1.82) is 0 Å². The van der Waals surface area contributed by atoms with E-state index in [4.69, 9.17) is 5.73 Å². The molecule has 1 rings (SSSR count). The van der Waals surface area contributed by atoms with Crippen molar-refractivity contribution in [2.45, 2.75) is 32.2 Å². The highest BCUT2D eigenvalue weighted by molar-refractivity contribution is 5.99. The maximum Gasteiger partial charge on any atom is 0.253 e. The minimum absolute atomic E-state index is 0.124. The molecule has 21 heavy (non-hydrogen) atoms. The highest BCUT2D eigenvalue weighted by Crippen LogP contribution is 2.15. The number of hydrogen-bond acceptors (Lipinski definition) is 3. The van der Waals surface area contributed by atoms with E-state index in [1.807, 2.05) is 13.8 Å². The first-order chi connectivity index (χ1) is 9.89. The summed E-state index contributed by atoms with van der Waals surface area (Å²) in [4.78, 5) is 25.8. The topological polar surface area (TPSA) is 75.4 Å². The molecule has 0 aliphatic carbocycles. The lowest BCUT2D eigenvalue weighted by Gasteiger charge is -2.31. The molecule has 5 heteroatoms. The molecule has 0 radical (unpaired) electrons. The Morgan fingerprint density at radius 1 is 1.19 bits per heavy atom. The summed E-state index contributed by atoms with van der Waals surface area (Å²) in [5, 5.41) is 3.00. The molecule has 0 spiro atoms. The smallest absolute Gasteiger partial charge is 0.253 e. The van der Waals surface area contributed by atoms with Gasteiger partial charge in [-0.05, 0) is 31.0 Å². The minimum atomic E-state index is -0.390. The van der Waals surface area contributed by atoms with Crippen LogP contribution in [0, 0.1) is 0 Å². The van der Waals surface area contributed by atoms with Gasteiger partial charge in [0, 0.05) is 31.8 Å². The first-order valence-electron chi connectivity index (χ1n) is 7.23. The molecule has 116 valence electrons. The number of carbonyl (C=O) groups excluding carboxylic acids is 2. The zero-order valence-electron chi connectivity index (χ0n) is 13.3. The lowest BCUT2D eigenvalue weighted by Crippen LogP contribution is -2.52. The van der Waals surface area contributed by atoms with E-state index in [0.29, 0.717) is 17.7 Å². The molecule has 1 aromatic carbocycles. The van der Waals surface area contributed by atoms with E-state index >= 15 is 0 Å². The summed E-state index contributed by atoms with van der Waals surface area (Å²) in [5.74, 6) is -0.321. The highest BCUT2D eigenvalue weighted by atomic mass is 16.2. The molecule has 0 heterocycles. The van der Waals surface area contributed by atoms with E-state index < -0.39 is 5.54 Å². The standard InChI is InChI=1S/C16H25N3O2/c1-5-16(6-2,11-17)18-14(20)12-8-7-9-13(10-12)15(21)19(3)4/h7-10H,5-6,11,17H2,1-4H3,(H,18,20). The second kappa shape index (κ2) is 7.22. The van der Waals surface area contributed by atoms with Crippen molar-refractivity contribution in [3.63, 3.8) is 0 Å². The zero-order chi connectivity index (χ0) is 16.0. The first kappa shape index (κ1) is 17.2. The third-order valence-electron chi connectivity index (χ3n) is 3.90. The largest absolute Gasteiger partial charge is 0.345 e. The van der Waals surface area contributed by atoms with Gasteiger partial charge in [0.2, 0.25) is 0 Å². The molecule has 0 atom stereocenters. The van der Waals surface area contributed by atoms with Crippen molar-refractivity contribution in [2.75, 3.05) is 20.6 Å². The summed E-state index contributed by atoms with van der Waals surface area (Å²) in [5.41, 5.74) is 6.38. The summed E-state index contributed by atoms with van der Waals surface area (Å²) < 4.78 is 0. The Balaban J connectivity index is 2.98. The van der Waals surface area contributed by atoms with Gasteiger partial charge in [0.1, 0.15) is 0 Å². The maximum atomic E-state index is 12.4. The quantitative estimate of drug-likeness (QED) is 0.836.